The Kier molecular flexibility index (Phi) is 2.60. The lowest BCUT2D eigenvalue weighted by molar-refractivity contribution is 0.488. The van der Waals surface area contributed by atoms with Crippen LogP contribution in [0.3, 0.4) is 0 Å². The van der Waals surface area contributed by atoms with E-state index in [1.54, 1.807) is 0 Å². The van der Waals surface area contributed by atoms with Crippen molar-refractivity contribution in [1.29, 1.82) is 0 Å². The van der Waals surface area contributed by atoms with Gasteiger partial charge in [0, 0.05) is 5.56 Å². The molecule has 1 aliphatic heterocycles. The van der Waals surface area contributed by atoms with Crippen LogP contribution in [0.5, 0.6) is 0 Å². The largest absolute Gasteiger partial charge is 0.366 e. The summed E-state index contributed by atoms with van der Waals surface area (Å²) in [6.45, 7) is 6.33. The molecule has 2 nitrogen and oxygen atoms in total. The average molecular weight is 214 g/mol. The molecule has 0 fully saturated rings. The predicted molar refractivity (Wildman–Crippen MR) is 67.9 cm³/mol. The number of benzene rings is 1. The second-order valence-corrected chi connectivity index (χ2v) is 4.51. The fourth-order valence-electron chi connectivity index (χ4n) is 2.49. The average Bonchev–Trinajstić information content (AvgIpc) is 2.16. The number of allylic oxidation sites excluding steroid dienone is 2. The molecule has 0 saturated heterocycles. The zero-order valence-electron chi connectivity index (χ0n) is 10.0. The van der Waals surface area contributed by atoms with Crippen LogP contribution in [0, 0.1) is 20.8 Å². The Morgan fingerprint density at radius 1 is 1.06 bits per heavy atom. The Bertz CT molecular complexity index is 449. The van der Waals surface area contributed by atoms with Crippen LogP contribution in [0.2, 0.25) is 0 Å². The zero-order chi connectivity index (χ0) is 11.8. The van der Waals surface area contributed by atoms with Gasteiger partial charge in [0.1, 0.15) is 5.66 Å². The highest BCUT2D eigenvalue weighted by molar-refractivity contribution is 5.45. The van der Waals surface area contributed by atoms with Gasteiger partial charge in [-0.1, -0.05) is 23.8 Å². The van der Waals surface area contributed by atoms with Crippen molar-refractivity contribution in [2.24, 2.45) is 5.73 Å². The smallest absolute Gasteiger partial charge is 0.132 e. The molecule has 84 valence electrons. The second-order valence-electron chi connectivity index (χ2n) is 4.51. The Morgan fingerprint density at radius 3 is 2.19 bits per heavy atom. The summed E-state index contributed by atoms with van der Waals surface area (Å²) in [5, 5.41) is 3.22. The standard InChI is InChI=1S/C14H18N2/c1-10-8-11(2)13(12(3)9-10)14(15)6-4-5-7-16-14/h4-9,16H,15H2,1-3H3. The molecule has 1 unspecified atom stereocenters. The summed E-state index contributed by atoms with van der Waals surface area (Å²) in [5.41, 5.74) is 10.7. The highest BCUT2D eigenvalue weighted by Gasteiger charge is 2.27. The summed E-state index contributed by atoms with van der Waals surface area (Å²) >= 11 is 0. The van der Waals surface area contributed by atoms with Crippen molar-refractivity contribution in [3.63, 3.8) is 0 Å². The maximum atomic E-state index is 6.38. The van der Waals surface area contributed by atoms with Gasteiger partial charge in [-0.05, 0) is 50.3 Å². The van der Waals surface area contributed by atoms with Gasteiger partial charge in [-0.3, -0.25) is 0 Å². The zero-order valence-corrected chi connectivity index (χ0v) is 10.0. The van der Waals surface area contributed by atoms with E-state index < -0.39 is 5.66 Å². The van der Waals surface area contributed by atoms with Gasteiger partial charge in [-0.2, -0.15) is 0 Å². The van der Waals surface area contributed by atoms with Gasteiger partial charge in [0.05, 0.1) is 0 Å². The van der Waals surface area contributed by atoms with Crippen molar-refractivity contribution < 1.29 is 0 Å². The molecule has 1 atom stereocenters. The van der Waals surface area contributed by atoms with Crippen LogP contribution < -0.4 is 11.1 Å². The molecule has 1 aromatic rings. The molecule has 0 radical (unpaired) electrons. The molecule has 1 heterocycles. The van der Waals surface area contributed by atoms with Crippen LogP contribution in [-0.4, -0.2) is 0 Å². The minimum atomic E-state index is -0.573. The maximum absolute atomic E-state index is 6.38. The predicted octanol–water partition coefficient (Wildman–Crippen LogP) is 2.40. The lowest BCUT2D eigenvalue weighted by Gasteiger charge is -2.32. The van der Waals surface area contributed by atoms with E-state index in [9.17, 15) is 0 Å². The molecule has 0 aliphatic carbocycles. The van der Waals surface area contributed by atoms with Crippen molar-refractivity contribution in [3.8, 4) is 0 Å². The molecule has 0 saturated carbocycles. The van der Waals surface area contributed by atoms with E-state index in [2.05, 4.69) is 38.2 Å². The Balaban J connectivity index is 2.56. The van der Waals surface area contributed by atoms with E-state index in [0.29, 0.717) is 0 Å². The first kappa shape index (κ1) is 11.0. The monoisotopic (exact) mass is 214 g/mol. The third kappa shape index (κ3) is 1.76. The van der Waals surface area contributed by atoms with E-state index in [0.717, 1.165) is 0 Å². The molecule has 2 rings (SSSR count). The molecule has 3 N–H and O–H groups in total. The number of nitrogens with one attached hydrogen (secondary N) is 1. The summed E-state index contributed by atoms with van der Waals surface area (Å²) in [4.78, 5) is 0. The van der Waals surface area contributed by atoms with Crippen molar-refractivity contribution in [2.45, 2.75) is 26.4 Å². The van der Waals surface area contributed by atoms with Gasteiger partial charge in [-0.25, -0.2) is 0 Å². The summed E-state index contributed by atoms with van der Waals surface area (Å²) in [7, 11) is 0. The number of nitrogens with two attached hydrogens (primary N) is 1. The Hall–Kier alpha value is -1.54. The van der Waals surface area contributed by atoms with E-state index >= 15 is 0 Å². The maximum Gasteiger partial charge on any atom is 0.132 e. The van der Waals surface area contributed by atoms with Crippen molar-refractivity contribution in [2.75, 3.05) is 0 Å². The molecule has 1 aliphatic rings. The van der Waals surface area contributed by atoms with E-state index in [1.165, 1.54) is 22.3 Å². The van der Waals surface area contributed by atoms with Crippen LogP contribution >= 0.6 is 0 Å². The van der Waals surface area contributed by atoms with Gasteiger partial charge in [0.25, 0.3) is 0 Å². The number of hydrogen-bond donors (Lipinski definition) is 2. The first-order valence-corrected chi connectivity index (χ1v) is 5.52. The second kappa shape index (κ2) is 3.80. The fraction of sp³-hybridized carbons (Fsp3) is 0.286. The van der Waals surface area contributed by atoms with Gasteiger partial charge in [-0.15, -0.1) is 0 Å². The number of hydrogen-bond acceptors (Lipinski definition) is 2. The SMILES string of the molecule is Cc1cc(C)c(C2(N)C=CC=CN2)c(C)c1. The third-order valence-electron chi connectivity index (χ3n) is 2.98. The topological polar surface area (TPSA) is 38.0 Å². The normalized spacial score (nSPS) is 23.2. The van der Waals surface area contributed by atoms with E-state index in [-0.39, 0.29) is 0 Å². The lowest BCUT2D eigenvalue weighted by atomic mass is 9.89. The van der Waals surface area contributed by atoms with E-state index in [4.69, 9.17) is 5.73 Å². The molecule has 0 aromatic heterocycles. The van der Waals surface area contributed by atoms with Crippen molar-refractivity contribution in [3.05, 3.63) is 58.8 Å². The molecular formula is C14H18N2. The van der Waals surface area contributed by atoms with Crippen molar-refractivity contribution >= 4 is 0 Å². The summed E-state index contributed by atoms with van der Waals surface area (Å²) in [6.07, 6.45) is 7.82. The molecule has 0 spiro atoms. The highest BCUT2D eigenvalue weighted by atomic mass is 15.1. The van der Waals surface area contributed by atoms with Crippen LogP contribution in [0.25, 0.3) is 0 Å². The van der Waals surface area contributed by atoms with E-state index in [1.807, 2.05) is 24.4 Å². The van der Waals surface area contributed by atoms with Gasteiger partial charge in [0.2, 0.25) is 0 Å². The molecule has 0 amide bonds. The van der Waals surface area contributed by atoms with Crippen LogP contribution in [0.1, 0.15) is 22.3 Å². The molecule has 1 aromatic carbocycles. The minimum Gasteiger partial charge on any atom is -0.366 e. The van der Waals surface area contributed by atoms with Gasteiger partial charge < -0.3 is 11.1 Å². The van der Waals surface area contributed by atoms with Crippen LogP contribution in [0.4, 0.5) is 0 Å². The summed E-state index contributed by atoms with van der Waals surface area (Å²) in [5.74, 6) is 0. The van der Waals surface area contributed by atoms with Gasteiger partial charge >= 0.3 is 0 Å². The number of dihydropyridines is 1. The summed E-state index contributed by atoms with van der Waals surface area (Å²) in [6, 6.07) is 4.34. The number of rotatable bonds is 1. The fourth-order valence-corrected chi connectivity index (χ4v) is 2.49. The quantitative estimate of drug-likeness (QED) is 0.753. The minimum absolute atomic E-state index is 0.573. The lowest BCUT2D eigenvalue weighted by Crippen LogP contribution is -2.48. The van der Waals surface area contributed by atoms with Crippen LogP contribution in [0.15, 0.2) is 36.6 Å². The first-order chi connectivity index (χ1) is 7.53. The van der Waals surface area contributed by atoms with Gasteiger partial charge in [0.15, 0.2) is 0 Å². The molecule has 16 heavy (non-hydrogen) atoms. The molecule has 2 heteroatoms. The Morgan fingerprint density at radius 2 is 1.69 bits per heavy atom. The highest BCUT2D eigenvalue weighted by Crippen LogP contribution is 2.27. The van der Waals surface area contributed by atoms with Crippen LogP contribution in [-0.2, 0) is 5.66 Å². The molecular weight excluding hydrogens is 196 g/mol. The number of aryl methyl sites for hydroxylation is 3. The van der Waals surface area contributed by atoms with Crippen molar-refractivity contribution in [1.82, 2.24) is 5.32 Å². The summed E-state index contributed by atoms with van der Waals surface area (Å²) < 4.78 is 0. The first-order valence-electron chi connectivity index (χ1n) is 5.52. The Labute approximate surface area is 96.9 Å². The molecule has 0 bridgehead atoms. The third-order valence-corrected chi connectivity index (χ3v) is 2.98.